The molecular weight excluding hydrogens is 398 g/mol. The van der Waals surface area contributed by atoms with E-state index in [1.54, 1.807) is 0 Å². The van der Waals surface area contributed by atoms with E-state index >= 15 is 0 Å². The number of aliphatic hydroxyl groups excluding tert-OH is 4. The van der Waals surface area contributed by atoms with Crippen LogP contribution in [0.4, 0.5) is 0 Å². The normalized spacial score (nSPS) is 15.5. The van der Waals surface area contributed by atoms with E-state index in [-0.39, 0.29) is 12.3 Å². The first-order valence-electron chi connectivity index (χ1n) is 12.0. The minimum absolute atomic E-state index is 0.230. The summed E-state index contributed by atoms with van der Waals surface area (Å²) in [6.07, 6.45) is 15.2. The van der Waals surface area contributed by atoms with Crippen LogP contribution in [0.1, 0.15) is 96.8 Å². The zero-order chi connectivity index (χ0) is 23.3. The Morgan fingerprint density at radius 2 is 1.32 bits per heavy atom. The Bertz CT molecular complexity index is 471. The number of carbonyl (C=O) groups is 2. The van der Waals surface area contributed by atoms with E-state index in [4.69, 9.17) is 5.11 Å². The van der Waals surface area contributed by atoms with E-state index in [9.17, 15) is 24.9 Å². The first-order valence-corrected chi connectivity index (χ1v) is 12.0. The SMILES string of the molecule is CCCCCCCC/C=C\CCCCCCCC(=O)N[C@@H](C=O)[C@@H](O)[C@H](O)[C@H](O)CO. The number of nitrogens with one attached hydrogen (secondary N) is 1. The number of allylic oxidation sites excluding steroid dienone is 2. The lowest BCUT2D eigenvalue weighted by Gasteiger charge is -2.26. The topological polar surface area (TPSA) is 127 Å². The third-order valence-electron chi connectivity index (χ3n) is 5.44. The summed E-state index contributed by atoms with van der Waals surface area (Å²) < 4.78 is 0. The van der Waals surface area contributed by atoms with Gasteiger partial charge >= 0.3 is 0 Å². The van der Waals surface area contributed by atoms with Crippen molar-refractivity contribution in [1.29, 1.82) is 0 Å². The predicted octanol–water partition coefficient (Wildman–Crippen LogP) is 2.78. The summed E-state index contributed by atoms with van der Waals surface area (Å²) in [7, 11) is 0. The van der Waals surface area contributed by atoms with Crippen molar-refractivity contribution in [3.63, 3.8) is 0 Å². The summed E-state index contributed by atoms with van der Waals surface area (Å²) in [6, 6.07) is -1.33. The predicted molar refractivity (Wildman–Crippen MR) is 123 cm³/mol. The van der Waals surface area contributed by atoms with Gasteiger partial charge in [0.2, 0.25) is 5.91 Å². The molecule has 0 radical (unpaired) electrons. The van der Waals surface area contributed by atoms with Gasteiger partial charge in [-0.05, 0) is 32.1 Å². The van der Waals surface area contributed by atoms with Crippen LogP contribution in [-0.2, 0) is 9.59 Å². The van der Waals surface area contributed by atoms with E-state index < -0.39 is 31.0 Å². The molecular formula is C24H45NO6. The van der Waals surface area contributed by atoms with Crippen LogP contribution in [0.25, 0.3) is 0 Å². The summed E-state index contributed by atoms with van der Waals surface area (Å²) in [5.74, 6) is -0.389. The lowest BCUT2D eigenvalue weighted by Crippen LogP contribution is -2.53. The molecule has 7 nitrogen and oxygen atoms in total. The summed E-state index contributed by atoms with van der Waals surface area (Å²) in [5.41, 5.74) is 0. The summed E-state index contributed by atoms with van der Waals surface area (Å²) in [5, 5.41) is 40.0. The second-order valence-corrected chi connectivity index (χ2v) is 8.29. The molecule has 0 bridgehead atoms. The van der Waals surface area contributed by atoms with Crippen LogP contribution in [0.2, 0.25) is 0 Å². The largest absolute Gasteiger partial charge is 0.394 e. The van der Waals surface area contributed by atoms with Crippen molar-refractivity contribution in [3.05, 3.63) is 12.2 Å². The number of aldehydes is 1. The van der Waals surface area contributed by atoms with Crippen molar-refractivity contribution in [3.8, 4) is 0 Å². The Labute approximate surface area is 187 Å². The maximum atomic E-state index is 11.9. The first kappa shape index (κ1) is 29.7. The van der Waals surface area contributed by atoms with E-state index in [2.05, 4.69) is 24.4 Å². The van der Waals surface area contributed by atoms with Gasteiger partial charge in [-0.2, -0.15) is 0 Å². The number of aliphatic hydroxyl groups is 4. The zero-order valence-electron chi connectivity index (χ0n) is 19.3. The number of amides is 1. The molecule has 0 saturated carbocycles. The fourth-order valence-corrected chi connectivity index (χ4v) is 3.36. The molecule has 0 rings (SSSR count). The van der Waals surface area contributed by atoms with Gasteiger partial charge in [-0.15, -0.1) is 0 Å². The third kappa shape index (κ3) is 16.1. The van der Waals surface area contributed by atoms with Gasteiger partial charge in [0.15, 0.2) is 0 Å². The maximum absolute atomic E-state index is 11.9. The van der Waals surface area contributed by atoms with E-state index in [1.807, 2.05) is 0 Å². The van der Waals surface area contributed by atoms with Gasteiger partial charge in [-0.1, -0.05) is 70.4 Å². The highest BCUT2D eigenvalue weighted by Crippen LogP contribution is 2.10. The summed E-state index contributed by atoms with van der Waals surface area (Å²) in [6.45, 7) is 1.48. The van der Waals surface area contributed by atoms with Crippen molar-refractivity contribution in [2.24, 2.45) is 0 Å². The standard InChI is InChI=1S/C24H45NO6/c1-2-3-4-5-6-7-8-9-10-11-12-13-14-15-16-17-22(29)25-20(18-26)23(30)24(31)21(28)19-27/h9-10,18,20-21,23-24,27-28,30-31H,2-8,11-17,19H2,1H3,(H,25,29)/b10-9-/t20-,21+,23+,24+/m0/s1. The molecule has 31 heavy (non-hydrogen) atoms. The van der Waals surface area contributed by atoms with Crippen LogP contribution in [-0.4, -0.2) is 63.6 Å². The van der Waals surface area contributed by atoms with Crippen molar-refractivity contribution in [1.82, 2.24) is 5.32 Å². The van der Waals surface area contributed by atoms with E-state index in [0.29, 0.717) is 12.7 Å². The Balaban J connectivity index is 3.70. The molecule has 0 aromatic rings. The minimum Gasteiger partial charge on any atom is -0.394 e. The van der Waals surface area contributed by atoms with Crippen molar-refractivity contribution in [2.75, 3.05) is 6.61 Å². The molecule has 182 valence electrons. The Morgan fingerprint density at radius 1 is 0.806 bits per heavy atom. The average Bonchev–Trinajstić information content (AvgIpc) is 2.78. The van der Waals surface area contributed by atoms with Gasteiger partial charge in [-0.3, -0.25) is 4.79 Å². The van der Waals surface area contributed by atoms with Gasteiger partial charge in [-0.25, -0.2) is 0 Å². The average molecular weight is 444 g/mol. The minimum atomic E-state index is -1.72. The second-order valence-electron chi connectivity index (χ2n) is 8.29. The van der Waals surface area contributed by atoms with Crippen LogP contribution in [0, 0.1) is 0 Å². The van der Waals surface area contributed by atoms with Crippen molar-refractivity contribution >= 4 is 12.2 Å². The third-order valence-corrected chi connectivity index (χ3v) is 5.44. The zero-order valence-corrected chi connectivity index (χ0v) is 19.3. The monoisotopic (exact) mass is 443 g/mol. The highest BCUT2D eigenvalue weighted by molar-refractivity contribution is 5.79. The van der Waals surface area contributed by atoms with Gasteiger partial charge in [0.05, 0.1) is 6.61 Å². The molecule has 0 unspecified atom stereocenters. The molecule has 0 heterocycles. The quantitative estimate of drug-likeness (QED) is 0.105. The number of hydrogen-bond donors (Lipinski definition) is 5. The highest BCUT2D eigenvalue weighted by Gasteiger charge is 2.31. The number of hydrogen-bond acceptors (Lipinski definition) is 6. The molecule has 0 aliphatic rings. The van der Waals surface area contributed by atoms with Crippen molar-refractivity contribution in [2.45, 2.75) is 121 Å². The van der Waals surface area contributed by atoms with Gasteiger partial charge in [0.1, 0.15) is 30.6 Å². The van der Waals surface area contributed by atoms with E-state index in [1.165, 1.54) is 44.9 Å². The van der Waals surface area contributed by atoms with Gasteiger partial charge in [0.25, 0.3) is 0 Å². The molecule has 0 saturated heterocycles. The molecule has 0 aromatic carbocycles. The Hall–Kier alpha value is -1.28. The first-order chi connectivity index (χ1) is 15.0. The molecule has 1 amide bonds. The lowest BCUT2D eigenvalue weighted by atomic mass is 10.0. The fourth-order valence-electron chi connectivity index (χ4n) is 3.36. The summed E-state index contributed by atoms with van der Waals surface area (Å²) >= 11 is 0. The van der Waals surface area contributed by atoms with Crippen LogP contribution in [0.5, 0.6) is 0 Å². The molecule has 5 N–H and O–H groups in total. The highest BCUT2D eigenvalue weighted by atomic mass is 16.4. The Kier molecular flexibility index (Phi) is 19.8. The van der Waals surface area contributed by atoms with Crippen molar-refractivity contribution < 1.29 is 30.0 Å². The second kappa shape index (κ2) is 20.6. The molecule has 0 aromatic heterocycles. The number of rotatable bonds is 21. The number of carbonyl (C=O) groups excluding carboxylic acids is 2. The molecule has 0 aliphatic heterocycles. The molecule has 7 heteroatoms. The van der Waals surface area contributed by atoms with Gasteiger partial charge < -0.3 is 30.5 Å². The smallest absolute Gasteiger partial charge is 0.220 e. The van der Waals surface area contributed by atoms with E-state index in [0.717, 1.165) is 32.1 Å². The fraction of sp³-hybridized carbons (Fsp3) is 0.833. The number of unbranched alkanes of at least 4 members (excludes halogenated alkanes) is 11. The lowest BCUT2D eigenvalue weighted by molar-refractivity contribution is -0.131. The van der Waals surface area contributed by atoms with Crippen LogP contribution in [0.15, 0.2) is 12.2 Å². The van der Waals surface area contributed by atoms with Crippen LogP contribution in [0.3, 0.4) is 0 Å². The van der Waals surface area contributed by atoms with Gasteiger partial charge in [0, 0.05) is 6.42 Å². The summed E-state index contributed by atoms with van der Waals surface area (Å²) in [4.78, 5) is 23.0. The molecule has 4 atom stereocenters. The Morgan fingerprint density at radius 3 is 1.84 bits per heavy atom. The molecule has 0 aliphatic carbocycles. The van der Waals surface area contributed by atoms with Crippen LogP contribution < -0.4 is 5.32 Å². The maximum Gasteiger partial charge on any atom is 0.220 e. The van der Waals surface area contributed by atoms with Crippen LogP contribution >= 0.6 is 0 Å². The molecule has 0 spiro atoms. The molecule has 0 fully saturated rings.